The topological polar surface area (TPSA) is 35.0 Å². The highest BCUT2D eigenvalue weighted by Crippen LogP contribution is 2.24. The van der Waals surface area contributed by atoms with E-state index in [1.54, 1.807) is 24.4 Å². The summed E-state index contributed by atoms with van der Waals surface area (Å²) in [6.07, 6.45) is 2.24. The SMILES string of the molecule is COc1ccc(-c2ccnc(CCCl)n2)cc1F. The third-order valence-electron chi connectivity index (χ3n) is 2.47. The van der Waals surface area contributed by atoms with Crippen LogP contribution in [0.25, 0.3) is 11.3 Å². The van der Waals surface area contributed by atoms with Gasteiger partial charge in [-0.3, -0.25) is 0 Å². The summed E-state index contributed by atoms with van der Waals surface area (Å²) in [6.45, 7) is 0. The fourth-order valence-corrected chi connectivity index (χ4v) is 1.76. The van der Waals surface area contributed by atoms with Crippen LogP contribution in [-0.2, 0) is 6.42 Å². The summed E-state index contributed by atoms with van der Waals surface area (Å²) in [7, 11) is 1.43. The standard InChI is InChI=1S/C13H12ClFN2O/c1-18-12-3-2-9(8-10(12)15)11-5-7-16-13(17-11)4-6-14/h2-3,5,7-8H,4,6H2,1H3. The van der Waals surface area contributed by atoms with Crippen LogP contribution in [0.2, 0.25) is 0 Å². The van der Waals surface area contributed by atoms with Gasteiger partial charge in [0, 0.05) is 24.1 Å². The van der Waals surface area contributed by atoms with Gasteiger partial charge in [0.1, 0.15) is 5.82 Å². The molecule has 0 bridgehead atoms. The monoisotopic (exact) mass is 266 g/mol. The van der Waals surface area contributed by atoms with Crippen molar-refractivity contribution < 1.29 is 9.13 Å². The van der Waals surface area contributed by atoms with Crippen LogP contribution >= 0.6 is 11.6 Å². The minimum absolute atomic E-state index is 0.216. The van der Waals surface area contributed by atoms with Gasteiger partial charge in [0.05, 0.1) is 12.8 Å². The Labute approximate surface area is 110 Å². The average Bonchev–Trinajstić information content (AvgIpc) is 2.39. The van der Waals surface area contributed by atoms with Gasteiger partial charge in [0.2, 0.25) is 0 Å². The first-order valence-electron chi connectivity index (χ1n) is 5.46. The zero-order chi connectivity index (χ0) is 13.0. The molecule has 2 aromatic rings. The van der Waals surface area contributed by atoms with Gasteiger partial charge in [0.25, 0.3) is 0 Å². The molecule has 5 heteroatoms. The van der Waals surface area contributed by atoms with Crippen molar-refractivity contribution >= 4 is 11.6 Å². The molecule has 0 radical (unpaired) electrons. The van der Waals surface area contributed by atoms with E-state index < -0.39 is 5.82 Å². The molecule has 0 N–H and O–H groups in total. The van der Waals surface area contributed by atoms with Gasteiger partial charge in [0.15, 0.2) is 11.6 Å². The Morgan fingerprint density at radius 1 is 1.33 bits per heavy atom. The number of aromatic nitrogens is 2. The molecule has 18 heavy (non-hydrogen) atoms. The Kier molecular flexibility index (Phi) is 4.10. The van der Waals surface area contributed by atoms with Crippen molar-refractivity contribution in [1.82, 2.24) is 9.97 Å². The van der Waals surface area contributed by atoms with Gasteiger partial charge in [-0.15, -0.1) is 11.6 Å². The minimum Gasteiger partial charge on any atom is -0.494 e. The first-order chi connectivity index (χ1) is 8.74. The van der Waals surface area contributed by atoms with Crippen LogP contribution in [0, 0.1) is 5.82 Å². The van der Waals surface area contributed by atoms with Crippen molar-refractivity contribution in [2.24, 2.45) is 0 Å². The van der Waals surface area contributed by atoms with Crippen LogP contribution in [0.1, 0.15) is 5.82 Å². The van der Waals surface area contributed by atoms with Gasteiger partial charge >= 0.3 is 0 Å². The molecular formula is C13H12ClFN2O. The van der Waals surface area contributed by atoms with Crippen LogP contribution < -0.4 is 4.74 Å². The maximum atomic E-state index is 13.6. The van der Waals surface area contributed by atoms with Crippen molar-refractivity contribution in [3.8, 4) is 17.0 Å². The number of nitrogens with zero attached hydrogens (tertiary/aromatic N) is 2. The van der Waals surface area contributed by atoms with Gasteiger partial charge in [-0.2, -0.15) is 0 Å². The molecule has 1 aromatic heterocycles. The molecule has 0 amide bonds. The zero-order valence-corrected chi connectivity index (χ0v) is 10.6. The number of methoxy groups -OCH3 is 1. The molecule has 3 nitrogen and oxygen atoms in total. The number of ether oxygens (including phenoxy) is 1. The molecule has 0 unspecified atom stereocenters. The summed E-state index contributed by atoms with van der Waals surface area (Å²) < 4.78 is 18.5. The smallest absolute Gasteiger partial charge is 0.165 e. The molecule has 0 atom stereocenters. The van der Waals surface area contributed by atoms with Crippen molar-refractivity contribution in [2.75, 3.05) is 13.0 Å². The van der Waals surface area contributed by atoms with E-state index in [2.05, 4.69) is 9.97 Å². The van der Waals surface area contributed by atoms with Crippen LogP contribution in [0.5, 0.6) is 5.75 Å². The minimum atomic E-state index is -0.410. The number of aryl methyl sites for hydroxylation is 1. The number of alkyl halides is 1. The second-order valence-electron chi connectivity index (χ2n) is 3.65. The fourth-order valence-electron chi connectivity index (χ4n) is 1.59. The molecule has 0 saturated carbocycles. The number of halogens is 2. The summed E-state index contributed by atoms with van der Waals surface area (Å²) >= 11 is 5.64. The number of benzene rings is 1. The largest absolute Gasteiger partial charge is 0.494 e. The van der Waals surface area contributed by atoms with Gasteiger partial charge in [-0.1, -0.05) is 0 Å². The normalized spacial score (nSPS) is 10.4. The predicted molar refractivity (Wildman–Crippen MR) is 68.4 cm³/mol. The Balaban J connectivity index is 2.36. The second kappa shape index (κ2) is 5.78. The van der Waals surface area contributed by atoms with E-state index in [4.69, 9.17) is 16.3 Å². The lowest BCUT2D eigenvalue weighted by Crippen LogP contribution is -1.97. The van der Waals surface area contributed by atoms with Crippen LogP contribution in [0.15, 0.2) is 30.5 Å². The lowest BCUT2D eigenvalue weighted by atomic mass is 10.1. The van der Waals surface area contributed by atoms with Gasteiger partial charge < -0.3 is 4.74 Å². The van der Waals surface area contributed by atoms with Crippen LogP contribution in [0.4, 0.5) is 4.39 Å². The summed E-state index contributed by atoms with van der Waals surface area (Å²) in [5, 5.41) is 0. The highest BCUT2D eigenvalue weighted by molar-refractivity contribution is 6.17. The molecule has 0 aliphatic rings. The van der Waals surface area contributed by atoms with E-state index in [-0.39, 0.29) is 5.75 Å². The maximum Gasteiger partial charge on any atom is 0.165 e. The zero-order valence-electron chi connectivity index (χ0n) is 9.86. The molecule has 1 heterocycles. The maximum absolute atomic E-state index is 13.6. The van der Waals surface area contributed by atoms with E-state index in [1.807, 2.05) is 0 Å². The molecule has 0 saturated heterocycles. The summed E-state index contributed by atoms with van der Waals surface area (Å²) in [6, 6.07) is 6.47. The Bertz CT molecular complexity index is 548. The van der Waals surface area contributed by atoms with Gasteiger partial charge in [-0.25, -0.2) is 14.4 Å². The van der Waals surface area contributed by atoms with E-state index >= 15 is 0 Å². The molecular weight excluding hydrogens is 255 g/mol. The molecule has 0 aliphatic carbocycles. The highest BCUT2D eigenvalue weighted by atomic mass is 35.5. The third kappa shape index (κ3) is 2.76. The van der Waals surface area contributed by atoms with Crippen LogP contribution in [-0.4, -0.2) is 23.0 Å². The van der Waals surface area contributed by atoms with E-state index in [1.165, 1.54) is 13.2 Å². The second-order valence-corrected chi connectivity index (χ2v) is 4.02. The Morgan fingerprint density at radius 2 is 2.17 bits per heavy atom. The predicted octanol–water partition coefficient (Wildman–Crippen LogP) is 3.07. The summed E-state index contributed by atoms with van der Waals surface area (Å²) in [5.41, 5.74) is 1.36. The Hall–Kier alpha value is -1.68. The quantitative estimate of drug-likeness (QED) is 0.798. The molecule has 0 fully saturated rings. The van der Waals surface area contributed by atoms with Crippen molar-refractivity contribution in [3.05, 3.63) is 42.1 Å². The lowest BCUT2D eigenvalue weighted by molar-refractivity contribution is 0.386. The summed E-state index contributed by atoms with van der Waals surface area (Å²) in [5.74, 6) is 0.917. The van der Waals surface area contributed by atoms with Crippen molar-refractivity contribution in [1.29, 1.82) is 0 Å². The molecule has 0 spiro atoms. The molecule has 2 rings (SSSR count). The third-order valence-corrected chi connectivity index (χ3v) is 2.66. The number of rotatable bonds is 4. The Morgan fingerprint density at radius 3 is 2.83 bits per heavy atom. The van der Waals surface area contributed by atoms with E-state index in [9.17, 15) is 4.39 Å². The molecule has 1 aromatic carbocycles. The van der Waals surface area contributed by atoms with E-state index in [0.717, 1.165) is 0 Å². The van der Waals surface area contributed by atoms with E-state index in [0.29, 0.717) is 29.4 Å². The molecule has 0 aliphatic heterocycles. The number of hydrogen-bond acceptors (Lipinski definition) is 3. The van der Waals surface area contributed by atoms with Crippen LogP contribution in [0.3, 0.4) is 0 Å². The average molecular weight is 267 g/mol. The fraction of sp³-hybridized carbons (Fsp3) is 0.231. The van der Waals surface area contributed by atoms with Crippen molar-refractivity contribution in [3.63, 3.8) is 0 Å². The first-order valence-corrected chi connectivity index (χ1v) is 6.00. The first kappa shape index (κ1) is 12.8. The van der Waals surface area contributed by atoms with Crippen molar-refractivity contribution in [2.45, 2.75) is 6.42 Å². The highest BCUT2D eigenvalue weighted by Gasteiger charge is 2.07. The van der Waals surface area contributed by atoms with Gasteiger partial charge in [-0.05, 0) is 24.3 Å². The summed E-state index contributed by atoms with van der Waals surface area (Å²) in [4.78, 5) is 8.42. The number of hydrogen-bond donors (Lipinski definition) is 0. The lowest BCUT2D eigenvalue weighted by Gasteiger charge is -2.05. The molecule has 94 valence electrons.